The first-order valence-corrected chi connectivity index (χ1v) is 10.3. The molecule has 1 N–H and O–H groups in total. The third-order valence-electron chi connectivity index (χ3n) is 4.67. The van der Waals surface area contributed by atoms with Crippen LogP contribution in [0.25, 0.3) is 6.08 Å². The van der Waals surface area contributed by atoms with Crippen molar-refractivity contribution >= 4 is 46.2 Å². The molecule has 1 aromatic carbocycles. The molecule has 0 spiro atoms. The standard InChI is InChI=1S/C19H24N4O4S2/c1-21-6-8-22(9-7-21)20-17(24)12-23-18(25)16(29-19(23)28)11-13-4-5-14(26-2)15(10-13)27-3/h4-5,10-11H,6-9,12H2,1-3H3,(H,20,24)/b16-11+. The number of nitrogens with one attached hydrogen (secondary N) is 1. The quantitative estimate of drug-likeness (QED) is 0.527. The fourth-order valence-corrected chi connectivity index (χ4v) is 4.26. The number of hydrazine groups is 1. The highest BCUT2D eigenvalue weighted by Crippen LogP contribution is 2.34. The van der Waals surface area contributed by atoms with Crippen molar-refractivity contribution in [3.8, 4) is 11.5 Å². The van der Waals surface area contributed by atoms with Crippen molar-refractivity contribution in [2.45, 2.75) is 0 Å². The number of methoxy groups -OCH3 is 2. The Morgan fingerprint density at radius 1 is 1.21 bits per heavy atom. The van der Waals surface area contributed by atoms with Crippen LogP contribution in [-0.4, -0.2) is 84.9 Å². The molecule has 156 valence electrons. The maximum absolute atomic E-state index is 12.8. The molecule has 2 aliphatic heterocycles. The van der Waals surface area contributed by atoms with Crippen molar-refractivity contribution in [3.05, 3.63) is 28.7 Å². The molecule has 2 amide bonds. The van der Waals surface area contributed by atoms with Gasteiger partial charge in [0.2, 0.25) is 0 Å². The van der Waals surface area contributed by atoms with Crippen molar-refractivity contribution in [2.75, 3.05) is 54.0 Å². The van der Waals surface area contributed by atoms with Crippen molar-refractivity contribution in [3.63, 3.8) is 0 Å². The highest BCUT2D eigenvalue weighted by molar-refractivity contribution is 8.26. The molecule has 29 heavy (non-hydrogen) atoms. The zero-order valence-electron chi connectivity index (χ0n) is 16.6. The lowest BCUT2D eigenvalue weighted by atomic mass is 10.2. The lowest BCUT2D eigenvalue weighted by Crippen LogP contribution is -2.54. The predicted octanol–water partition coefficient (Wildman–Crippen LogP) is 1.18. The van der Waals surface area contributed by atoms with Gasteiger partial charge in [0, 0.05) is 26.2 Å². The molecule has 0 unspecified atom stereocenters. The number of carbonyl (C=O) groups excluding carboxylic acids is 2. The maximum Gasteiger partial charge on any atom is 0.266 e. The Hall–Kier alpha value is -2.14. The summed E-state index contributed by atoms with van der Waals surface area (Å²) < 4.78 is 10.9. The Morgan fingerprint density at radius 2 is 1.90 bits per heavy atom. The minimum atomic E-state index is -0.275. The normalized spacial score (nSPS) is 19.7. The van der Waals surface area contributed by atoms with E-state index in [1.165, 1.54) is 16.7 Å². The third kappa shape index (κ3) is 5.27. The number of rotatable bonds is 6. The number of carbonyl (C=O) groups is 2. The molecule has 1 aromatic rings. The summed E-state index contributed by atoms with van der Waals surface area (Å²) in [6.45, 7) is 3.17. The number of amides is 2. The first-order valence-electron chi connectivity index (χ1n) is 9.11. The summed E-state index contributed by atoms with van der Waals surface area (Å²) in [6, 6.07) is 5.38. The van der Waals surface area contributed by atoms with Crippen LogP contribution in [0.2, 0.25) is 0 Å². The summed E-state index contributed by atoms with van der Waals surface area (Å²) >= 11 is 6.50. The molecular formula is C19H24N4O4S2. The van der Waals surface area contributed by atoms with Gasteiger partial charge in [-0.2, -0.15) is 0 Å². The molecule has 3 rings (SSSR count). The molecule has 0 bridgehead atoms. The van der Waals surface area contributed by atoms with Gasteiger partial charge in [0.25, 0.3) is 11.8 Å². The Morgan fingerprint density at radius 3 is 2.55 bits per heavy atom. The van der Waals surface area contributed by atoms with Crippen LogP contribution < -0.4 is 14.9 Å². The van der Waals surface area contributed by atoms with Gasteiger partial charge in [-0.3, -0.25) is 19.9 Å². The van der Waals surface area contributed by atoms with Crippen LogP contribution >= 0.6 is 24.0 Å². The van der Waals surface area contributed by atoms with Gasteiger partial charge in [0.05, 0.1) is 19.1 Å². The van der Waals surface area contributed by atoms with Crippen molar-refractivity contribution < 1.29 is 19.1 Å². The van der Waals surface area contributed by atoms with E-state index in [2.05, 4.69) is 10.3 Å². The van der Waals surface area contributed by atoms with Crippen LogP contribution in [0.3, 0.4) is 0 Å². The molecule has 0 aromatic heterocycles. The predicted molar refractivity (Wildman–Crippen MR) is 117 cm³/mol. The minimum Gasteiger partial charge on any atom is -0.493 e. The number of ether oxygens (including phenoxy) is 2. The summed E-state index contributed by atoms with van der Waals surface area (Å²) in [4.78, 5) is 29.1. The molecular weight excluding hydrogens is 412 g/mol. The smallest absolute Gasteiger partial charge is 0.266 e. The molecule has 0 radical (unpaired) electrons. The molecule has 2 saturated heterocycles. The number of nitrogens with zero attached hydrogens (tertiary/aromatic N) is 3. The lowest BCUT2D eigenvalue weighted by Gasteiger charge is -2.32. The molecule has 0 aliphatic carbocycles. The minimum absolute atomic E-state index is 0.0969. The molecule has 2 aliphatic rings. The van der Waals surface area contributed by atoms with Gasteiger partial charge in [-0.15, -0.1) is 0 Å². The van der Waals surface area contributed by atoms with E-state index in [1.807, 2.05) is 18.1 Å². The van der Waals surface area contributed by atoms with Crippen LogP contribution in [0.1, 0.15) is 5.56 Å². The van der Waals surface area contributed by atoms with Crippen molar-refractivity contribution in [2.24, 2.45) is 0 Å². The van der Waals surface area contributed by atoms with E-state index in [-0.39, 0.29) is 18.4 Å². The van der Waals surface area contributed by atoms with Crippen LogP contribution in [0.4, 0.5) is 0 Å². The number of likely N-dealkylation sites (N-methyl/N-ethyl adjacent to an activating group) is 1. The lowest BCUT2D eigenvalue weighted by molar-refractivity contribution is -0.132. The topological polar surface area (TPSA) is 74.4 Å². The Kier molecular flexibility index (Phi) is 7.12. The fourth-order valence-electron chi connectivity index (χ4n) is 3.00. The Bertz CT molecular complexity index is 837. The number of hydrogen-bond donors (Lipinski definition) is 1. The Balaban J connectivity index is 1.64. The first kappa shape index (κ1) is 21.6. The molecule has 0 atom stereocenters. The van der Waals surface area contributed by atoms with Crippen LogP contribution in [0.5, 0.6) is 11.5 Å². The van der Waals surface area contributed by atoms with Crippen LogP contribution in [-0.2, 0) is 9.59 Å². The van der Waals surface area contributed by atoms with Gasteiger partial charge < -0.3 is 14.4 Å². The van der Waals surface area contributed by atoms with E-state index < -0.39 is 0 Å². The second-order valence-corrected chi connectivity index (χ2v) is 8.38. The number of benzene rings is 1. The average Bonchev–Trinajstić information content (AvgIpc) is 2.97. The van der Waals surface area contributed by atoms with E-state index in [1.54, 1.807) is 32.4 Å². The molecule has 0 saturated carbocycles. The summed E-state index contributed by atoms with van der Waals surface area (Å²) in [7, 11) is 5.17. The first-order chi connectivity index (χ1) is 13.9. The number of hydrogen-bond acceptors (Lipinski definition) is 8. The van der Waals surface area contributed by atoms with Crippen molar-refractivity contribution in [1.29, 1.82) is 0 Å². The number of piperazine rings is 1. The van der Waals surface area contributed by atoms with E-state index in [9.17, 15) is 9.59 Å². The van der Waals surface area contributed by atoms with E-state index in [0.29, 0.717) is 20.7 Å². The molecule has 10 heteroatoms. The average molecular weight is 437 g/mol. The summed E-state index contributed by atoms with van der Waals surface area (Å²) in [6.07, 6.45) is 1.74. The highest BCUT2D eigenvalue weighted by Gasteiger charge is 2.33. The Labute approximate surface area is 179 Å². The zero-order chi connectivity index (χ0) is 21.0. The monoisotopic (exact) mass is 436 g/mol. The van der Waals surface area contributed by atoms with Gasteiger partial charge in [0.1, 0.15) is 10.9 Å². The van der Waals surface area contributed by atoms with Gasteiger partial charge >= 0.3 is 0 Å². The molecule has 2 heterocycles. The highest BCUT2D eigenvalue weighted by atomic mass is 32.2. The fraction of sp³-hybridized carbons (Fsp3) is 0.421. The third-order valence-corrected chi connectivity index (χ3v) is 6.04. The number of thiocarbonyl (C=S) groups is 1. The summed E-state index contributed by atoms with van der Waals surface area (Å²) in [5.74, 6) is 0.655. The van der Waals surface area contributed by atoms with E-state index in [0.717, 1.165) is 31.7 Å². The maximum atomic E-state index is 12.8. The largest absolute Gasteiger partial charge is 0.493 e. The molecule has 2 fully saturated rings. The number of thioether (sulfide) groups is 1. The van der Waals surface area contributed by atoms with Gasteiger partial charge in [-0.05, 0) is 30.8 Å². The van der Waals surface area contributed by atoms with Crippen molar-refractivity contribution in [1.82, 2.24) is 20.2 Å². The van der Waals surface area contributed by atoms with Gasteiger partial charge in [-0.1, -0.05) is 30.0 Å². The molecule has 8 nitrogen and oxygen atoms in total. The van der Waals surface area contributed by atoms with Gasteiger partial charge in [-0.25, -0.2) is 5.01 Å². The second kappa shape index (κ2) is 9.57. The van der Waals surface area contributed by atoms with E-state index in [4.69, 9.17) is 21.7 Å². The summed E-state index contributed by atoms with van der Waals surface area (Å²) in [5.41, 5.74) is 3.64. The summed E-state index contributed by atoms with van der Waals surface area (Å²) in [5, 5.41) is 1.87. The SMILES string of the molecule is COc1ccc(/C=C2/SC(=S)N(CC(=O)NN3CCN(C)CC3)C2=O)cc1OC. The van der Waals surface area contributed by atoms with Gasteiger partial charge in [0.15, 0.2) is 11.5 Å². The second-order valence-electron chi connectivity index (χ2n) is 6.71. The van der Waals surface area contributed by atoms with Crippen LogP contribution in [0.15, 0.2) is 23.1 Å². The van der Waals surface area contributed by atoms with E-state index >= 15 is 0 Å². The zero-order valence-corrected chi connectivity index (χ0v) is 18.3. The van der Waals surface area contributed by atoms with Crippen LogP contribution in [0, 0.1) is 0 Å².